The lowest BCUT2D eigenvalue weighted by atomic mass is 10.1. The zero-order valence-electron chi connectivity index (χ0n) is 14.7. The maximum atomic E-state index is 12.8. The number of ether oxygens (including phenoxy) is 2. The molecule has 1 aliphatic rings. The molecule has 0 spiro atoms. The Balaban J connectivity index is 1.64. The Morgan fingerprint density at radius 2 is 2.08 bits per heavy atom. The van der Waals surface area contributed by atoms with E-state index in [1.54, 1.807) is 18.0 Å². The van der Waals surface area contributed by atoms with Crippen molar-refractivity contribution in [3.8, 4) is 17.2 Å². The predicted molar refractivity (Wildman–Crippen MR) is 98.4 cm³/mol. The topological polar surface area (TPSA) is 65.4 Å². The van der Waals surface area contributed by atoms with Crippen molar-refractivity contribution in [2.24, 2.45) is 0 Å². The first-order valence-electron chi connectivity index (χ1n) is 8.43. The molecule has 1 aromatic heterocycles. The van der Waals surface area contributed by atoms with Crippen LogP contribution in [0.5, 0.6) is 11.5 Å². The minimum atomic E-state index is -0.215. The number of hydrogen-bond donors (Lipinski definition) is 1. The molecule has 26 heavy (non-hydrogen) atoms. The van der Waals surface area contributed by atoms with Crippen molar-refractivity contribution in [2.45, 2.75) is 13.3 Å². The number of carbonyl (C=O) groups is 1. The standard InChI is InChI=1S/C20H19N3O3/c1-13-15(12-21-23(13)17-8-3-4-9-18(17)25-2)20(24)22-16-7-5-6-14-10-11-26-19(14)16/h3-9,12H,10-11H2,1-2H3,(H,22,24). The summed E-state index contributed by atoms with van der Waals surface area (Å²) < 4.78 is 12.7. The highest BCUT2D eigenvalue weighted by atomic mass is 16.5. The van der Waals surface area contributed by atoms with E-state index >= 15 is 0 Å². The maximum Gasteiger partial charge on any atom is 0.259 e. The second-order valence-electron chi connectivity index (χ2n) is 6.07. The number of methoxy groups -OCH3 is 1. The van der Waals surface area contributed by atoms with Crippen molar-refractivity contribution in [3.63, 3.8) is 0 Å². The first-order chi connectivity index (χ1) is 12.7. The van der Waals surface area contributed by atoms with Crippen LogP contribution in [0.15, 0.2) is 48.7 Å². The second kappa shape index (κ2) is 6.55. The van der Waals surface area contributed by atoms with Crippen molar-refractivity contribution < 1.29 is 14.3 Å². The van der Waals surface area contributed by atoms with Gasteiger partial charge >= 0.3 is 0 Å². The first-order valence-corrected chi connectivity index (χ1v) is 8.43. The number of hydrogen-bond acceptors (Lipinski definition) is 4. The average molecular weight is 349 g/mol. The van der Waals surface area contributed by atoms with Crippen LogP contribution in [0.25, 0.3) is 5.69 Å². The van der Waals surface area contributed by atoms with Crippen molar-refractivity contribution in [3.05, 3.63) is 65.5 Å². The van der Waals surface area contributed by atoms with Crippen molar-refractivity contribution >= 4 is 11.6 Å². The van der Waals surface area contributed by atoms with Crippen molar-refractivity contribution in [1.29, 1.82) is 0 Å². The van der Waals surface area contributed by atoms with Crippen LogP contribution < -0.4 is 14.8 Å². The number of nitrogens with zero attached hydrogens (tertiary/aromatic N) is 2. The molecule has 1 N–H and O–H groups in total. The number of benzene rings is 2. The summed E-state index contributed by atoms with van der Waals surface area (Å²) in [6.45, 7) is 2.51. The quantitative estimate of drug-likeness (QED) is 0.784. The zero-order chi connectivity index (χ0) is 18.1. The number of rotatable bonds is 4. The highest BCUT2D eigenvalue weighted by Gasteiger charge is 2.21. The fraction of sp³-hybridized carbons (Fsp3) is 0.200. The summed E-state index contributed by atoms with van der Waals surface area (Å²) in [5, 5.41) is 7.32. The van der Waals surface area contributed by atoms with Crippen LogP contribution in [0.1, 0.15) is 21.6 Å². The van der Waals surface area contributed by atoms with E-state index in [0.717, 1.165) is 29.1 Å². The number of fused-ring (bicyclic) bond motifs is 1. The van der Waals surface area contributed by atoms with Gasteiger partial charge in [0.15, 0.2) is 0 Å². The Morgan fingerprint density at radius 1 is 1.23 bits per heavy atom. The third-order valence-corrected chi connectivity index (χ3v) is 4.53. The fourth-order valence-corrected chi connectivity index (χ4v) is 3.18. The molecule has 0 aliphatic carbocycles. The van der Waals surface area contributed by atoms with Crippen LogP contribution in [0, 0.1) is 6.92 Å². The van der Waals surface area contributed by atoms with Crippen molar-refractivity contribution in [2.75, 3.05) is 19.0 Å². The van der Waals surface area contributed by atoms with E-state index in [9.17, 15) is 4.79 Å². The average Bonchev–Trinajstić information content (AvgIpc) is 3.29. The molecule has 0 saturated heterocycles. The molecule has 3 aromatic rings. The third kappa shape index (κ3) is 2.69. The molecule has 132 valence electrons. The largest absolute Gasteiger partial charge is 0.494 e. The summed E-state index contributed by atoms with van der Waals surface area (Å²) in [7, 11) is 1.61. The van der Waals surface area contributed by atoms with Crippen LogP contribution in [0.4, 0.5) is 5.69 Å². The molecule has 1 aliphatic heterocycles. The van der Waals surface area contributed by atoms with E-state index in [0.29, 0.717) is 23.6 Å². The van der Waals surface area contributed by atoms with Gasteiger partial charge in [0.25, 0.3) is 5.91 Å². The van der Waals surface area contributed by atoms with Gasteiger partial charge in [-0.25, -0.2) is 4.68 Å². The number of carbonyl (C=O) groups excluding carboxylic acids is 1. The van der Waals surface area contributed by atoms with E-state index < -0.39 is 0 Å². The second-order valence-corrected chi connectivity index (χ2v) is 6.07. The van der Waals surface area contributed by atoms with Gasteiger partial charge in [0.1, 0.15) is 17.2 Å². The van der Waals surface area contributed by atoms with E-state index in [1.165, 1.54) is 0 Å². The summed E-state index contributed by atoms with van der Waals surface area (Å²) in [6.07, 6.45) is 2.44. The van der Waals surface area contributed by atoms with Gasteiger partial charge in [0.2, 0.25) is 0 Å². The fourth-order valence-electron chi connectivity index (χ4n) is 3.18. The van der Waals surface area contributed by atoms with Crippen LogP contribution in [0.3, 0.4) is 0 Å². The summed E-state index contributed by atoms with van der Waals surface area (Å²) >= 11 is 0. The summed E-state index contributed by atoms with van der Waals surface area (Å²) in [4.78, 5) is 12.8. The number of anilines is 1. The van der Waals surface area contributed by atoms with Gasteiger partial charge in [0.05, 0.1) is 36.9 Å². The van der Waals surface area contributed by atoms with Gasteiger partial charge in [-0.3, -0.25) is 4.79 Å². The lowest BCUT2D eigenvalue weighted by Gasteiger charge is -2.11. The van der Waals surface area contributed by atoms with Crippen LogP contribution in [0.2, 0.25) is 0 Å². The van der Waals surface area contributed by atoms with Crippen LogP contribution in [-0.2, 0) is 6.42 Å². The van der Waals surface area contributed by atoms with E-state index in [2.05, 4.69) is 10.4 Å². The monoisotopic (exact) mass is 349 g/mol. The molecule has 0 saturated carbocycles. The predicted octanol–water partition coefficient (Wildman–Crippen LogP) is 3.38. The molecule has 0 fully saturated rings. The molecule has 2 aromatic carbocycles. The molecular formula is C20H19N3O3. The smallest absolute Gasteiger partial charge is 0.259 e. The Labute approximate surface area is 151 Å². The lowest BCUT2D eigenvalue weighted by molar-refractivity contribution is 0.102. The third-order valence-electron chi connectivity index (χ3n) is 4.53. The Bertz CT molecular complexity index is 978. The number of amides is 1. The highest BCUT2D eigenvalue weighted by Crippen LogP contribution is 2.34. The normalized spacial score (nSPS) is 12.4. The van der Waals surface area contributed by atoms with Gasteiger partial charge in [0, 0.05) is 6.42 Å². The molecule has 0 unspecified atom stereocenters. The first kappa shape index (κ1) is 16.2. The summed E-state index contributed by atoms with van der Waals surface area (Å²) in [6, 6.07) is 13.4. The van der Waals surface area contributed by atoms with Crippen molar-refractivity contribution in [1.82, 2.24) is 9.78 Å². The Morgan fingerprint density at radius 3 is 2.92 bits per heavy atom. The molecule has 0 atom stereocenters. The zero-order valence-corrected chi connectivity index (χ0v) is 14.7. The minimum Gasteiger partial charge on any atom is -0.494 e. The molecule has 0 radical (unpaired) electrons. The van der Waals surface area contributed by atoms with Gasteiger partial charge in [-0.15, -0.1) is 0 Å². The summed E-state index contributed by atoms with van der Waals surface area (Å²) in [5.41, 5.74) is 3.83. The molecule has 6 heteroatoms. The molecule has 4 rings (SSSR count). The Hall–Kier alpha value is -3.28. The van der Waals surface area contributed by atoms with Crippen LogP contribution in [-0.4, -0.2) is 29.4 Å². The highest BCUT2D eigenvalue weighted by molar-refractivity contribution is 6.05. The molecule has 1 amide bonds. The number of nitrogens with one attached hydrogen (secondary N) is 1. The lowest BCUT2D eigenvalue weighted by Crippen LogP contribution is -2.14. The van der Waals surface area contributed by atoms with Gasteiger partial charge < -0.3 is 14.8 Å². The van der Waals surface area contributed by atoms with Gasteiger partial charge in [-0.1, -0.05) is 24.3 Å². The number of aromatic nitrogens is 2. The van der Waals surface area contributed by atoms with E-state index in [-0.39, 0.29) is 5.91 Å². The van der Waals surface area contributed by atoms with E-state index in [1.807, 2.05) is 49.4 Å². The molecule has 2 heterocycles. The molecule has 6 nitrogen and oxygen atoms in total. The van der Waals surface area contributed by atoms with Crippen LogP contribution >= 0.6 is 0 Å². The minimum absolute atomic E-state index is 0.215. The van der Waals surface area contributed by atoms with Gasteiger partial charge in [-0.2, -0.15) is 5.10 Å². The molecule has 0 bridgehead atoms. The molecular weight excluding hydrogens is 330 g/mol. The SMILES string of the molecule is COc1ccccc1-n1ncc(C(=O)Nc2cccc3c2OCC3)c1C. The van der Waals surface area contributed by atoms with Gasteiger partial charge in [-0.05, 0) is 30.7 Å². The maximum absolute atomic E-state index is 12.8. The Kier molecular flexibility index (Phi) is 4.08. The summed E-state index contributed by atoms with van der Waals surface area (Å²) in [5.74, 6) is 1.24. The van der Waals surface area contributed by atoms with E-state index in [4.69, 9.17) is 9.47 Å². The number of para-hydroxylation sites is 3.